The molecule has 7 amide bonds. The number of primary amides is 1. The third-order valence-corrected chi connectivity index (χ3v) is 16.1. The molecule has 2 atom stereocenters. The SMILES string of the molecule is Cc1c(Nc2nc3ccccc3s2)nnc2c1CCCN2c1nc(C(=O)O)c(CCCOc2ccc(C#CC[N+](C)(C)Cc3ccc(NC(=O)[C@H](CCCNC(N)=O)NC(=O)[C@@H](NC(=O)CCOCCN4C(=O)C=CC4=O)C(C)C)cc3)cc2)s1. The Kier molecular flexibility index (Phi) is 21.3. The lowest BCUT2D eigenvalue weighted by Gasteiger charge is -2.28. The number of hydrogen-bond donors (Lipinski definition) is 7. The van der Waals surface area contributed by atoms with Crippen LogP contribution in [0.25, 0.3) is 10.2 Å². The van der Waals surface area contributed by atoms with Crippen LogP contribution in [0, 0.1) is 24.7 Å². The topological polar surface area (TPSA) is 302 Å². The van der Waals surface area contributed by atoms with Crippen LogP contribution in [0.15, 0.2) is 84.9 Å². The summed E-state index contributed by atoms with van der Waals surface area (Å²) in [4.78, 5) is 100. The smallest absolute Gasteiger partial charge is 0.355 e. The number of amides is 7. The van der Waals surface area contributed by atoms with Crippen molar-refractivity contribution in [3.05, 3.63) is 118 Å². The number of nitrogens with zero attached hydrogens (tertiary/aromatic N) is 7. The van der Waals surface area contributed by atoms with Crippen LogP contribution in [0.3, 0.4) is 0 Å². The van der Waals surface area contributed by atoms with Crippen LogP contribution in [0.5, 0.6) is 5.75 Å². The van der Waals surface area contributed by atoms with E-state index in [1.54, 1.807) is 37.3 Å². The summed E-state index contributed by atoms with van der Waals surface area (Å²) >= 11 is 2.91. The molecule has 0 radical (unpaired) electrons. The molecule has 6 aromatic rings. The number of aromatic carboxylic acids is 1. The van der Waals surface area contributed by atoms with Gasteiger partial charge in [0.05, 0.1) is 50.7 Å². The lowest BCUT2D eigenvalue weighted by atomic mass is 10.0. The zero-order valence-electron chi connectivity index (χ0n) is 48.1. The number of nitrogens with one attached hydrogen (secondary N) is 5. The number of ether oxygens (including phenoxy) is 2. The van der Waals surface area contributed by atoms with Gasteiger partial charge in [0, 0.05) is 64.5 Å². The summed E-state index contributed by atoms with van der Waals surface area (Å²) in [6.07, 6.45) is 5.43. The van der Waals surface area contributed by atoms with Crippen molar-refractivity contribution in [3.8, 4) is 17.6 Å². The number of para-hydroxylation sites is 1. The monoisotopic (exact) mass is 1200 g/mol. The average Bonchev–Trinajstić information content (AvgIpc) is 2.40. The quantitative estimate of drug-likeness (QED) is 0.0122. The van der Waals surface area contributed by atoms with Gasteiger partial charge in [-0.2, -0.15) is 0 Å². The minimum absolute atomic E-state index is 0.0125. The molecule has 0 fully saturated rings. The second kappa shape index (κ2) is 29.1. The molecule has 3 aromatic carbocycles. The summed E-state index contributed by atoms with van der Waals surface area (Å²) in [5.41, 5.74) is 10.5. The van der Waals surface area contributed by atoms with Crippen LogP contribution in [-0.2, 0) is 48.1 Å². The lowest BCUT2D eigenvalue weighted by molar-refractivity contribution is -0.896. The molecule has 0 saturated heterocycles. The number of thiazole rings is 2. The molecule has 0 aliphatic carbocycles. The van der Waals surface area contributed by atoms with Crippen molar-refractivity contribution in [2.24, 2.45) is 11.7 Å². The molecule has 85 heavy (non-hydrogen) atoms. The molecule has 0 unspecified atom stereocenters. The highest BCUT2D eigenvalue weighted by molar-refractivity contribution is 7.22. The number of quaternary nitrogens is 1. The number of benzene rings is 3. The van der Waals surface area contributed by atoms with Gasteiger partial charge < -0.3 is 56.3 Å². The van der Waals surface area contributed by atoms with Crippen molar-refractivity contribution in [1.82, 2.24) is 41.0 Å². The number of fused-ring (bicyclic) bond motifs is 2. The molecule has 2 aliphatic heterocycles. The van der Waals surface area contributed by atoms with E-state index >= 15 is 0 Å². The zero-order valence-corrected chi connectivity index (χ0v) is 49.7. The Bertz CT molecular complexity index is 3450. The van der Waals surface area contributed by atoms with Crippen molar-refractivity contribution in [2.75, 3.05) is 75.6 Å². The van der Waals surface area contributed by atoms with E-state index in [2.05, 4.69) is 72.7 Å². The van der Waals surface area contributed by atoms with Crippen molar-refractivity contribution in [1.29, 1.82) is 0 Å². The van der Waals surface area contributed by atoms with E-state index in [-0.39, 0.29) is 50.8 Å². The number of aryl methyl sites for hydroxylation is 1. The summed E-state index contributed by atoms with van der Waals surface area (Å²) in [7, 11) is 4.14. The molecule has 8 N–H and O–H groups in total. The Morgan fingerprint density at radius 1 is 0.882 bits per heavy atom. The fraction of sp³-hybridized carbons (Fsp3) is 0.383. The third kappa shape index (κ3) is 17.4. The van der Waals surface area contributed by atoms with Crippen molar-refractivity contribution in [3.63, 3.8) is 0 Å². The predicted octanol–water partition coefficient (Wildman–Crippen LogP) is 6.36. The first-order valence-corrected chi connectivity index (χ1v) is 29.6. The second-order valence-corrected chi connectivity index (χ2v) is 23.5. The number of aromatic nitrogens is 4. The molecule has 0 saturated carbocycles. The number of nitrogens with two attached hydrogens (primary N) is 1. The summed E-state index contributed by atoms with van der Waals surface area (Å²) in [6, 6.07) is 20.1. The maximum absolute atomic E-state index is 13.7. The lowest BCUT2D eigenvalue weighted by Crippen LogP contribution is -2.54. The average molecular weight is 1200 g/mol. The van der Waals surface area contributed by atoms with Crippen LogP contribution in [0.4, 0.5) is 32.4 Å². The Balaban J connectivity index is 0.778. The van der Waals surface area contributed by atoms with Crippen molar-refractivity contribution in [2.45, 2.75) is 84.3 Å². The van der Waals surface area contributed by atoms with E-state index in [1.165, 1.54) is 23.5 Å². The summed E-state index contributed by atoms with van der Waals surface area (Å²) < 4.78 is 13.1. The van der Waals surface area contributed by atoms with E-state index < -0.39 is 53.6 Å². The van der Waals surface area contributed by atoms with Gasteiger partial charge in [0.15, 0.2) is 27.6 Å². The van der Waals surface area contributed by atoms with Gasteiger partial charge in [-0.1, -0.05) is 55.4 Å². The van der Waals surface area contributed by atoms with Crippen LogP contribution in [-0.4, -0.2) is 148 Å². The first-order chi connectivity index (χ1) is 40.8. The van der Waals surface area contributed by atoms with Gasteiger partial charge >= 0.3 is 12.0 Å². The minimum atomic E-state index is -1.08. The highest BCUT2D eigenvalue weighted by Gasteiger charge is 2.31. The molecular weight excluding hydrogens is 1130 g/mol. The van der Waals surface area contributed by atoms with Crippen molar-refractivity contribution < 1.29 is 52.6 Å². The van der Waals surface area contributed by atoms with Crippen LogP contribution < -0.4 is 42.0 Å². The molecule has 0 bridgehead atoms. The first-order valence-electron chi connectivity index (χ1n) is 28.0. The summed E-state index contributed by atoms with van der Waals surface area (Å²) in [5.74, 6) is 4.72. The Morgan fingerprint density at radius 2 is 1.64 bits per heavy atom. The summed E-state index contributed by atoms with van der Waals surface area (Å²) in [5, 5.41) is 34.8. The second-order valence-electron chi connectivity index (χ2n) is 21.4. The van der Waals surface area contributed by atoms with Crippen molar-refractivity contribution >= 4 is 102 Å². The van der Waals surface area contributed by atoms with Gasteiger partial charge in [0.2, 0.25) is 17.7 Å². The Hall–Kier alpha value is -8.83. The van der Waals surface area contributed by atoms with Gasteiger partial charge in [-0.05, 0) is 106 Å². The molecule has 2 aliphatic rings. The molecule has 446 valence electrons. The maximum Gasteiger partial charge on any atom is 0.355 e. The number of carbonyl (C=O) groups excluding carboxylic acids is 6. The molecule has 25 heteroatoms. The van der Waals surface area contributed by atoms with Crippen LogP contribution >= 0.6 is 22.7 Å². The van der Waals surface area contributed by atoms with Gasteiger partial charge in [0.25, 0.3) is 11.8 Å². The Morgan fingerprint density at radius 3 is 2.35 bits per heavy atom. The number of anilines is 5. The number of rotatable bonds is 28. The van der Waals surface area contributed by atoms with Gasteiger partial charge in [-0.15, -0.1) is 21.5 Å². The molecule has 23 nitrogen and oxygen atoms in total. The number of carbonyl (C=O) groups is 7. The highest BCUT2D eigenvalue weighted by Crippen LogP contribution is 2.39. The standard InChI is InChI=1S/C60H69N13O10S2/c1-37(2)51(66-48(74)28-34-82-35-31-71-49(75)26-27-50(71)76)56(78)64-45(15-8-29-62-58(61)81)55(77)63-41-22-18-40(19-23-41)36-73(4,5)32-10-12-39-20-24-42(25-21-39)83-33-11-17-47-52(57(79)80)67-60(85-47)72-30-9-13-43-38(3)53(69-70-54(43)72)68-59-65-44-14-6-7-16-46(44)84-59/h6-7,14,16,18-27,37,45,51H,8-9,11,13,15,17,28-36H2,1-5H3,(H7-,61,62,63,64,65,66,68,69,74,77,78,79,80,81)/p+1/t45-,51-/m0/s1. The fourth-order valence-corrected chi connectivity index (χ4v) is 11.5. The number of carboxylic acids is 1. The Labute approximate surface area is 500 Å². The van der Waals surface area contributed by atoms with E-state index in [4.69, 9.17) is 15.2 Å². The normalized spacial score (nSPS) is 13.7. The molecule has 0 spiro atoms. The van der Waals surface area contributed by atoms with Gasteiger partial charge in [0.1, 0.15) is 30.9 Å². The number of urea groups is 1. The van der Waals surface area contributed by atoms with E-state index in [1.807, 2.05) is 72.5 Å². The first kappa shape index (κ1) is 62.2. The van der Waals surface area contributed by atoms with Gasteiger partial charge in [-0.3, -0.25) is 28.9 Å². The number of imide groups is 1. The number of carboxylic acid groups (broad SMARTS) is 1. The third-order valence-electron chi connectivity index (χ3n) is 14.0. The van der Waals surface area contributed by atoms with Gasteiger partial charge in [-0.25, -0.2) is 19.6 Å². The molecular formula is C60H70N13O10S2+. The van der Waals surface area contributed by atoms with Crippen LogP contribution in [0.1, 0.15) is 83.6 Å². The number of hydrogen-bond acceptors (Lipinski definition) is 17. The predicted molar refractivity (Wildman–Crippen MR) is 324 cm³/mol. The fourth-order valence-electron chi connectivity index (χ4n) is 9.49. The van der Waals surface area contributed by atoms with E-state index in [0.29, 0.717) is 83.1 Å². The minimum Gasteiger partial charge on any atom is -0.494 e. The highest BCUT2D eigenvalue weighted by atomic mass is 32.1. The molecule has 3 aromatic heterocycles. The largest absolute Gasteiger partial charge is 0.494 e. The van der Waals surface area contributed by atoms with E-state index in [0.717, 1.165) is 55.3 Å². The molecule has 5 heterocycles. The van der Waals surface area contributed by atoms with Crippen LogP contribution in [0.2, 0.25) is 0 Å². The summed E-state index contributed by atoms with van der Waals surface area (Å²) in [6.45, 7) is 7.96. The van der Waals surface area contributed by atoms with E-state index in [9.17, 15) is 38.7 Å². The zero-order chi connectivity index (χ0) is 60.6. The molecule has 8 rings (SSSR count). The maximum atomic E-state index is 13.7.